The van der Waals surface area contributed by atoms with Crippen LogP contribution in [0.5, 0.6) is 0 Å². The Bertz CT molecular complexity index is 3540. The van der Waals surface area contributed by atoms with Crippen LogP contribution in [0.25, 0.3) is 76.8 Å². The first-order chi connectivity index (χ1) is 34.6. The van der Waals surface area contributed by atoms with Crippen molar-refractivity contribution >= 4 is 60.5 Å². The standard InChI is InChI=1S/C69H57N/c1-48-17-5-2-10-22-60(54-31-29-51(30-32-54)49-18-6-3-7-19-49)61-23-15-16-28-67(61)69(48)55-37-44-59(45-38-55)70(57-40-33-52(34-41-57)50-20-8-4-9-21-50)58-42-35-53(36-43-58)56-39-46-66-64-26-12-11-24-62(64)63-25-13-14-27-65(63)68(66)47-56/h3-4,6-9,11-14,18-21,24-27,29-47H,1-2,5,10,15-17,22-23,28H2/b61-60+,69-67+. The van der Waals surface area contributed by atoms with Gasteiger partial charge in [0.1, 0.15) is 0 Å². The molecule has 0 N–H and O–H groups in total. The maximum atomic E-state index is 4.85. The smallest absolute Gasteiger partial charge is 0.0462 e. The topological polar surface area (TPSA) is 3.24 Å². The van der Waals surface area contributed by atoms with Crippen molar-refractivity contribution in [2.45, 2.75) is 57.8 Å². The van der Waals surface area contributed by atoms with Crippen LogP contribution in [0, 0.1) is 0 Å². The molecule has 0 unspecified atom stereocenters. The Morgan fingerprint density at radius 2 is 0.614 bits per heavy atom. The second kappa shape index (κ2) is 19.2. The Balaban J connectivity index is 0.932. The lowest BCUT2D eigenvalue weighted by molar-refractivity contribution is 0.662. The molecule has 0 heterocycles. The fraction of sp³-hybridized carbons (Fsp3) is 0.130. The SMILES string of the molecule is C=C1CCCCC/C(c2ccc(-c3ccccc3)cc2)=C2/CCCC/C2=C/1c1ccc(N(c2ccc(-c3ccccc3)cc2)c2ccc(-c3ccc4c5ccccc5c5ccccc5c4c3)cc2)cc1. The van der Waals surface area contributed by atoms with Gasteiger partial charge < -0.3 is 4.90 Å². The van der Waals surface area contributed by atoms with E-state index in [1.807, 2.05) is 0 Å². The van der Waals surface area contributed by atoms with E-state index >= 15 is 0 Å². The van der Waals surface area contributed by atoms with Crippen molar-refractivity contribution in [3.05, 3.63) is 259 Å². The fourth-order valence-electron chi connectivity index (χ4n) is 11.6. The molecule has 0 aliphatic heterocycles. The molecule has 0 bridgehead atoms. The summed E-state index contributed by atoms with van der Waals surface area (Å²) in [5, 5.41) is 7.76. The van der Waals surface area contributed by atoms with E-state index in [1.54, 1.807) is 5.57 Å². The van der Waals surface area contributed by atoms with E-state index in [2.05, 4.69) is 229 Å². The molecule has 0 amide bonds. The lowest BCUT2D eigenvalue weighted by atomic mass is 9.76. The van der Waals surface area contributed by atoms with Gasteiger partial charge in [0.2, 0.25) is 0 Å². The summed E-state index contributed by atoms with van der Waals surface area (Å²) < 4.78 is 0. The zero-order valence-corrected chi connectivity index (χ0v) is 39.9. The molecule has 2 aliphatic rings. The number of anilines is 3. The molecule has 1 saturated carbocycles. The number of hydrogen-bond donors (Lipinski definition) is 0. The maximum Gasteiger partial charge on any atom is 0.0462 e. The molecule has 2 aliphatic carbocycles. The number of fused-ring (bicyclic) bond motifs is 7. The fourth-order valence-corrected chi connectivity index (χ4v) is 11.6. The quantitative estimate of drug-likeness (QED) is 0.137. The predicted molar refractivity (Wildman–Crippen MR) is 301 cm³/mol. The maximum absolute atomic E-state index is 4.85. The highest BCUT2D eigenvalue weighted by atomic mass is 15.1. The summed E-state index contributed by atoms with van der Waals surface area (Å²) in [5.41, 5.74) is 20.7. The molecule has 1 nitrogen and oxygen atoms in total. The van der Waals surface area contributed by atoms with Crippen LogP contribution in [0.2, 0.25) is 0 Å². The molecule has 70 heavy (non-hydrogen) atoms. The van der Waals surface area contributed by atoms with Crippen LogP contribution in [0.1, 0.15) is 68.9 Å². The number of nitrogens with zero attached hydrogens (tertiary/aromatic N) is 1. The van der Waals surface area contributed by atoms with Crippen molar-refractivity contribution in [1.82, 2.24) is 0 Å². The lowest BCUT2D eigenvalue weighted by Crippen LogP contribution is -2.10. The summed E-state index contributed by atoms with van der Waals surface area (Å²) in [4.78, 5) is 2.41. The first kappa shape index (κ1) is 43.3. The molecule has 0 saturated heterocycles. The molecule has 0 radical (unpaired) electrons. The van der Waals surface area contributed by atoms with Crippen LogP contribution in [0.4, 0.5) is 17.1 Å². The molecule has 10 aromatic carbocycles. The monoisotopic (exact) mass is 899 g/mol. The van der Waals surface area contributed by atoms with Crippen LogP contribution in [0.3, 0.4) is 0 Å². The van der Waals surface area contributed by atoms with Gasteiger partial charge in [-0.3, -0.25) is 0 Å². The van der Waals surface area contributed by atoms with Gasteiger partial charge in [0.25, 0.3) is 0 Å². The van der Waals surface area contributed by atoms with E-state index < -0.39 is 0 Å². The highest BCUT2D eigenvalue weighted by molar-refractivity contribution is 6.25. The zero-order chi connectivity index (χ0) is 46.8. The minimum atomic E-state index is 1.03. The molecule has 0 spiro atoms. The summed E-state index contributed by atoms with van der Waals surface area (Å²) in [6, 6.07) is 83.1. The number of allylic oxidation sites excluding steroid dienone is 5. The van der Waals surface area contributed by atoms with E-state index in [0.717, 1.165) is 42.7 Å². The Kier molecular flexibility index (Phi) is 11.9. The number of benzene rings is 10. The van der Waals surface area contributed by atoms with Crippen LogP contribution in [-0.4, -0.2) is 0 Å². The van der Waals surface area contributed by atoms with Crippen LogP contribution in [-0.2, 0) is 0 Å². The minimum absolute atomic E-state index is 1.03. The molecular formula is C69H57N. The van der Waals surface area contributed by atoms with E-state index in [9.17, 15) is 0 Å². The molecule has 338 valence electrons. The highest BCUT2D eigenvalue weighted by Crippen LogP contribution is 2.46. The summed E-state index contributed by atoms with van der Waals surface area (Å²) >= 11 is 0. The van der Waals surface area contributed by atoms with Gasteiger partial charge >= 0.3 is 0 Å². The van der Waals surface area contributed by atoms with Crippen molar-refractivity contribution in [3.63, 3.8) is 0 Å². The van der Waals surface area contributed by atoms with Gasteiger partial charge in [0, 0.05) is 17.1 Å². The van der Waals surface area contributed by atoms with Crippen LogP contribution >= 0.6 is 0 Å². The second-order valence-electron chi connectivity index (χ2n) is 19.3. The van der Waals surface area contributed by atoms with E-state index in [0.29, 0.717) is 0 Å². The normalized spacial score (nSPS) is 16.6. The van der Waals surface area contributed by atoms with Gasteiger partial charge in [-0.25, -0.2) is 0 Å². The molecular weight excluding hydrogens is 843 g/mol. The number of hydrogen-bond acceptors (Lipinski definition) is 1. The molecule has 10 aromatic rings. The van der Waals surface area contributed by atoms with Crippen molar-refractivity contribution in [1.29, 1.82) is 0 Å². The summed E-state index contributed by atoms with van der Waals surface area (Å²) in [5.74, 6) is 0. The van der Waals surface area contributed by atoms with Crippen molar-refractivity contribution in [2.24, 2.45) is 0 Å². The third-order valence-electron chi connectivity index (χ3n) is 15.1. The first-order valence-corrected chi connectivity index (χ1v) is 25.4. The van der Waals surface area contributed by atoms with E-state index in [4.69, 9.17) is 6.58 Å². The van der Waals surface area contributed by atoms with Gasteiger partial charge in [0.15, 0.2) is 0 Å². The molecule has 1 heteroatoms. The zero-order valence-electron chi connectivity index (χ0n) is 39.9. The van der Waals surface area contributed by atoms with Gasteiger partial charge in [-0.1, -0.05) is 195 Å². The summed E-state index contributed by atoms with van der Waals surface area (Å²) in [6.07, 6.45) is 10.4. The van der Waals surface area contributed by atoms with Gasteiger partial charge in [-0.2, -0.15) is 0 Å². The number of rotatable bonds is 8. The van der Waals surface area contributed by atoms with Crippen molar-refractivity contribution in [3.8, 4) is 33.4 Å². The van der Waals surface area contributed by atoms with Crippen molar-refractivity contribution < 1.29 is 0 Å². The molecule has 0 atom stereocenters. The third kappa shape index (κ3) is 8.37. The average molecular weight is 900 g/mol. The Morgan fingerprint density at radius 1 is 0.257 bits per heavy atom. The second-order valence-corrected chi connectivity index (χ2v) is 19.3. The molecule has 12 rings (SSSR count). The average Bonchev–Trinajstić information content (AvgIpc) is 3.43. The molecule has 1 fully saturated rings. The summed E-state index contributed by atoms with van der Waals surface area (Å²) in [6.45, 7) is 4.85. The third-order valence-corrected chi connectivity index (χ3v) is 15.1. The Hall–Kier alpha value is -8.00. The van der Waals surface area contributed by atoms with Gasteiger partial charge in [-0.15, -0.1) is 0 Å². The largest absolute Gasteiger partial charge is 0.311 e. The Labute approximate surface area is 413 Å². The van der Waals surface area contributed by atoms with E-state index in [-0.39, 0.29) is 0 Å². The van der Waals surface area contributed by atoms with Crippen molar-refractivity contribution in [2.75, 3.05) is 4.90 Å². The Morgan fingerprint density at radius 3 is 1.16 bits per heavy atom. The minimum Gasteiger partial charge on any atom is -0.311 e. The van der Waals surface area contributed by atoms with Gasteiger partial charge in [-0.05, 0) is 199 Å². The van der Waals surface area contributed by atoms with Gasteiger partial charge in [0.05, 0.1) is 0 Å². The van der Waals surface area contributed by atoms with E-state index in [1.165, 1.54) is 131 Å². The highest BCUT2D eigenvalue weighted by Gasteiger charge is 2.25. The molecule has 0 aromatic heterocycles. The summed E-state index contributed by atoms with van der Waals surface area (Å²) in [7, 11) is 0. The first-order valence-electron chi connectivity index (χ1n) is 25.4. The predicted octanol–water partition coefficient (Wildman–Crippen LogP) is 19.9. The lowest BCUT2D eigenvalue weighted by Gasteiger charge is -2.29. The van der Waals surface area contributed by atoms with Crippen LogP contribution in [0.15, 0.2) is 248 Å². The van der Waals surface area contributed by atoms with Crippen LogP contribution < -0.4 is 4.90 Å².